The quantitative estimate of drug-likeness (QED) is 0.279. The molecule has 98 valence electrons. The third kappa shape index (κ3) is 3.78. The predicted molar refractivity (Wildman–Crippen MR) is 60.4 cm³/mol. The summed E-state index contributed by atoms with van der Waals surface area (Å²) in [6.07, 6.45) is 2.43. The van der Waals surface area contributed by atoms with Gasteiger partial charge in [-0.25, -0.2) is 0 Å². The zero-order valence-corrected chi connectivity index (χ0v) is 10.5. The molecule has 0 atom stereocenters. The highest BCUT2D eigenvalue weighted by Gasteiger charge is 2.44. The Balaban J connectivity index is 2.42. The Morgan fingerprint density at radius 1 is 1.29 bits per heavy atom. The van der Waals surface area contributed by atoms with Gasteiger partial charge in [0.2, 0.25) is 0 Å². The third-order valence-corrected chi connectivity index (χ3v) is 3.09. The minimum atomic E-state index is -0.481. The summed E-state index contributed by atoms with van der Waals surface area (Å²) in [6, 6.07) is 0. The van der Waals surface area contributed by atoms with Crippen molar-refractivity contribution in [1.29, 1.82) is 0 Å². The molecule has 1 fully saturated rings. The van der Waals surface area contributed by atoms with Gasteiger partial charge in [0.05, 0.1) is 18.6 Å². The fourth-order valence-electron chi connectivity index (χ4n) is 1.96. The van der Waals surface area contributed by atoms with E-state index in [0.717, 1.165) is 19.3 Å². The molecule has 0 saturated heterocycles. The van der Waals surface area contributed by atoms with E-state index in [0.29, 0.717) is 13.2 Å². The van der Waals surface area contributed by atoms with Crippen molar-refractivity contribution in [3.05, 3.63) is 0 Å². The van der Waals surface area contributed by atoms with Gasteiger partial charge in [-0.05, 0) is 19.8 Å². The van der Waals surface area contributed by atoms with E-state index in [1.807, 2.05) is 0 Å². The molecule has 0 spiro atoms. The Hall–Kier alpha value is -0.940. The van der Waals surface area contributed by atoms with Crippen molar-refractivity contribution >= 4 is 11.8 Å². The highest BCUT2D eigenvalue weighted by atomic mass is 16.7. The number of ketones is 1. The van der Waals surface area contributed by atoms with E-state index in [1.165, 1.54) is 7.11 Å². The molecule has 5 nitrogen and oxygen atoms in total. The number of esters is 1. The smallest absolute Gasteiger partial charge is 0.313 e. The van der Waals surface area contributed by atoms with Gasteiger partial charge in [0, 0.05) is 7.11 Å². The molecule has 17 heavy (non-hydrogen) atoms. The van der Waals surface area contributed by atoms with Crippen molar-refractivity contribution in [3.8, 4) is 0 Å². The summed E-state index contributed by atoms with van der Waals surface area (Å²) in [7, 11) is 1.54. The van der Waals surface area contributed by atoms with Gasteiger partial charge < -0.3 is 14.2 Å². The number of ether oxygens (including phenoxy) is 3. The molecule has 0 bridgehead atoms. The lowest BCUT2D eigenvalue weighted by atomic mass is 9.66. The van der Waals surface area contributed by atoms with Crippen LogP contribution in [0.5, 0.6) is 0 Å². The van der Waals surface area contributed by atoms with E-state index in [2.05, 4.69) is 0 Å². The Kier molecular flexibility index (Phi) is 5.58. The first-order chi connectivity index (χ1) is 8.14. The van der Waals surface area contributed by atoms with E-state index in [1.54, 1.807) is 6.92 Å². The number of hydrogen-bond donors (Lipinski definition) is 0. The number of Topliss-reactive ketones (excluding diaryl/α,β-unsaturated/α-hetero) is 1. The Labute approximate surface area is 101 Å². The Morgan fingerprint density at radius 3 is 2.47 bits per heavy atom. The second-order valence-corrected chi connectivity index (χ2v) is 4.29. The lowest BCUT2D eigenvalue weighted by molar-refractivity contribution is -0.154. The highest BCUT2D eigenvalue weighted by molar-refractivity contribution is 5.99. The first kappa shape index (κ1) is 14.1. The SMILES string of the molecule is CCOC(=O)CC(=O)C1(COCOC)CCC1. The molecule has 1 aliphatic rings. The normalized spacial score (nSPS) is 17.3. The second-order valence-electron chi connectivity index (χ2n) is 4.29. The van der Waals surface area contributed by atoms with Crippen LogP contribution in [0.15, 0.2) is 0 Å². The van der Waals surface area contributed by atoms with Crippen LogP contribution in [0.4, 0.5) is 0 Å². The van der Waals surface area contributed by atoms with Gasteiger partial charge in [0.15, 0.2) is 5.78 Å². The zero-order valence-electron chi connectivity index (χ0n) is 10.5. The van der Waals surface area contributed by atoms with Crippen LogP contribution >= 0.6 is 0 Å². The van der Waals surface area contributed by atoms with Crippen molar-refractivity contribution in [3.63, 3.8) is 0 Å². The van der Waals surface area contributed by atoms with Gasteiger partial charge in [-0.1, -0.05) is 6.42 Å². The zero-order chi connectivity index (χ0) is 12.7. The molecule has 0 unspecified atom stereocenters. The molecule has 1 rings (SSSR count). The van der Waals surface area contributed by atoms with Gasteiger partial charge in [0.1, 0.15) is 13.2 Å². The first-order valence-corrected chi connectivity index (χ1v) is 5.90. The fraction of sp³-hybridized carbons (Fsp3) is 0.833. The molecule has 0 amide bonds. The van der Waals surface area contributed by atoms with Crippen LogP contribution in [0.25, 0.3) is 0 Å². The molecular weight excluding hydrogens is 224 g/mol. The van der Waals surface area contributed by atoms with E-state index in [-0.39, 0.29) is 19.0 Å². The van der Waals surface area contributed by atoms with E-state index in [9.17, 15) is 9.59 Å². The molecule has 0 heterocycles. The molecule has 1 saturated carbocycles. The number of rotatable bonds is 8. The maximum Gasteiger partial charge on any atom is 0.313 e. The van der Waals surface area contributed by atoms with Crippen LogP contribution in [0.3, 0.4) is 0 Å². The van der Waals surface area contributed by atoms with Crippen molar-refractivity contribution in [2.75, 3.05) is 27.1 Å². The fourth-order valence-corrected chi connectivity index (χ4v) is 1.96. The van der Waals surface area contributed by atoms with Gasteiger partial charge >= 0.3 is 5.97 Å². The number of methoxy groups -OCH3 is 1. The summed E-state index contributed by atoms with van der Waals surface area (Å²) in [6.45, 7) is 2.54. The summed E-state index contributed by atoms with van der Waals surface area (Å²) in [5, 5.41) is 0. The summed E-state index contributed by atoms with van der Waals surface area (Å²) >= 11 is 0. The maximum absolute atomic E-state index is 12.0. The lowest BCUT2D eigenvalue weighted by Crippen LogP contribution is -2.43. The van der Waals surface area contributed by atoms with Crippen LogP contribution in [0.1, 0.15) is 32.6 Å². The van der Waals surface area contributed by atoms with Crippen molar-refractivity contribution in [2.45, 2.75) is 32.6 Å². The second kappa shape index (κ2) is 6.71. The molecule has 0 aromatic rings. The molecule has 0 aromatic carbocycles. The van der Waals surface area contributed by atoms with Crippen LogP contribution in [-0.4, -0.2) is 38.9 Å². The average molecular weight is 244 g/mol. The molecule has 5 heteroatoms. The summed E-state index contributed by atoms with van der Waals surface area (Å²) in [5.74, 6) is -0.520. The van der Waals surface area contributed by atoms with Crippen LogP contribution in [-0.2, 0) is 23.8 Å². The third-order valence-electron chi connectivity index (χ3n) is 3.09. The number of carbonyl (C=O) groups excluding carboxylic acids is 2. The first-order valence-electron chi connectivity index (χ1n) is 5.90. The van der Waals surface area contributed by atoms with Gasteiger partial charge in [-0.3, -0.25) is 9.59 Å². The van der Waals surface area contributed by atoms with Gasteiger partial charge in [-0.15, -0.1) is 0 Å². The molecule has 0 N–H and O–H groups in total. The number of hydrogen-bond acceptors (Lipinski definition) is 5. The maximum atomic E-state index is 12.0. The van der Waals surface area contributed by atoms with Gasteiger partial charge in [-0.2, -0.15) is 0 Å². The van der Waals surface area contributed by atoms with Crippen molar-refractivity contribution < 1.29 is 23.8 Å². The molecule has 0 aromatic heterocycles. The largest absolute Gasteiger partial charge is 0.466 e. The van der Waals surface area contributed by atoms with Crippen LogP contribution < -0.4 is 0 Å². The average Bonchev–Trinajstić information content (AvgIpc) is 2.22. The van der Waals surface area contributed by atoms with Crippen LogP contribution in [0, 0.1) is 5.41 Å². The Bertz CT molecular complexity index is 270. The summed E-state index contributed by atoms with van der Waals surface area (Å²) < 4.78 is 14.8. The minimum Gasteiger partial charge on any atom is -0.466 e. The summed E-state index contributed by atoms with van der Waals surface area (Å²) in [5.41, 5.74) is -0.481. The predicted octanol–water partition coefficient (Wildman–Crippen LogP) is 1.30. The standard InChI is InChI=1S/C12H20O5/c1-3-17-11(14)7-10(13)12(5-4-6-12)8-16-9-15-2/h3-9H2,1-2H3. The molecule has 1 aliphatic carbocycles. The molecular formula is C12H20O5. The van der Waals surface area contributed by atoms with Gasteiger partial charge in [0.25, 0.3) is 0 Å². The minimum absolute atomic E-state index is 0.0710. The highest BCUT2D eigenvalue weighted by Crippen LogP contribution is 2.42. The monoisotopic (exact) mass is 244 g/mol. The van der Waals surface area contributed by atoms with E-state index in [4.69, 9.17) is 14.2 Å². The number of carbonyl (C=O) groups is 2. The Morgan fingerprint density at radius 2 is 2.00 bits per heavy atom. The van der Waals surface area contributed by atoms with E-state index >= 15 is 0 Å². The van der Waals surface area contributed by atoms with Crippen molar-refractivity contribution in [1.82, 2.24) is 0 Å². The molecule has 0 aliphatic heterocycles. The lowest BCUT2D eigenvalue weighted by Gasteiger charge is -2.39. The summed E-state index contributed by atoms with van der Waals surface area (Å²) in [4.78, 5) is 23.3. The van der Waals surface area contributed by atoms with Crippen molar-refractivity contribution in [2.24, 2.45) is 5.41 Å². The van der Waals surface area contributed by atoms with E-state index < -0.39 is 11.4 Å². The molecule has 0 radical (unpaired) electrons. The van der Waals surface area contributed by atoms with Crippen LogP contribution in [0.2, 0.25) is 0 Å². The topological polar surface area (TPSA) is 61.8 Å².